The number of halogens is 2. The monoisotopic (exact) mass is 203 g/mol. The molecule has 0 unspecified atom stereocenters. The van der Waals surface area contributed by atoms with Gasteiger partial charge in [-0.25, -0.2) is 5.43 Å². The van der Waals surface area contributed by atoms with Crippen molar-refractivity contribution in [2.45, 2.75) is 0 Å². The highest BCUT2D eigenvalue weighted by molar-refractivity contribution is 5.93. The van der Waals surface area contributed by atoms with Gasteiger partial charge in [-0.2, -0.15) is 4.39 Å². The molecule has 5 nitrogen and oxygen atoms in total. The molecule has 0 amide bonds. The second-order valence-electron chi connectivity index (χ2n) is 3.06. The van der Waals surface area contributed by atoms with E-state index in [2.05, 4.69) is 10.4 Å². The van der Waals surface area contributed by atoms with E-state index < -0.39 is 5.95 Å². The Hall–Kier alpha value is -1.37. The average Bonchev–Trinajstić information content (AvgIpc) is 2.18. The summed E-state index contributed by atoms with van der Waals surface area (Å²) in [6.45, 7) is 3.01. The Balaban J connectivity index is 2.08. The van der Waals surface area contributed by atoms with Gasteiger partial charge >= 0.3 is 0 Å². The number of hydrogen-bond donors (Lipinski definition) is 2. The van der Waals surface area contributed by atoms with Gasteiger partial charge in [0.15, 0.2) is 5.84 Å². The van der Waals surface area contributed by atoms with Crippen LogP contribution in [-0.4, -0.2) is 42.3 Å². The predicted molar refractivity (Wildman–Crippen MR) is 47.2 cm³/mol. The van der Waals surface area contributed by atoms with Gasteiger partial charge in [-0.05, 0) is 5.34 Å². The van der Waals surface area contributed by atoms with Gasteiger partial charge in [0.1, 0.15) is 0 Å². The van der Waals surface area contributed by atoms with Gasteiger partial charge < -0.3 is 10.2 Å². The smallest absolute Gasteiger partial charge is 0.212 e. The van der Waals surface area contributed by atoms with Crippen molar-refractivity contribution in [1.29, 1.82) is 0 Å². The largest absolute Gasteiger partial charge is 0.352 e. The van der Waals surface area contributed by atoms with Crippen molar-refractivity contribution in [1.82, 2.24) is 21.0 Å². The molecular formula is C7H11F2N5. The zero-order valence-corrected chi connectivity index (χ0v) is 7.50. The molecule has 2 rings (SSSR count). The van der Waals surface area contributed by atoms with Crippen LogP contribution < -0.4 is 10.7 Å². The lowest BCUT2D eigenvalue weighted by atomic mass is 10.3. The first-order chi connectivity index (χ1) is 6.75. The molecule has 1 saturated heterocycles. The molecule has 0 aromatic carbocycles. The Kier molecular flexibility index (Phi) is 2.49. The zero-order chi connectivity index (χ0) is 9.97. The van der Waals surface area contributed by atoms with Crippen LogP contribution in [0.25, 0.3) is 0 Å². The fraction of sp³-hybridized carbons (Fsp3) is 0.571. The average molecular weight is 203 g/mol. The first kappa shape index (κ1) is 9.20. The summed E-state index contributed by atoms with van der Waals surface area (Å²) in [4.78, 5) is 1.82. The highest BCUT2D eigenvalue weighted by Gasteiger charge is 2.19. The first-order valence-electron chi connectivity index (χ1n) is 4.40. The first-order valence-corrected chi connectivity index (χ1v) is 4.40. The van der Waals surface area contributed by atoms with Crippen molar-refractivity contribution in [2.75, 3.05) is 26.2 Å². The molecule has 7 heteroatoms. The van der Waals surface area contributed by atoms with Crippen molar-refractivity contribution < 1.29 is 8.87 Å². The van der Waals surface area contributed by atoms with Crippen LogP contribution in [-0.2, 0) is 0 Å². The van der Waals surface area contributed by atoms with E-state index in [0.29, 0.717) is 18.9 Å². The van der Waals surface area contributed by atoms with E-state index in [1.54, 1.807) is 5.43 Å². The van der Waals surface area contributed by atoms with Gasteiger partial charge in [0, 0.05) is 32.3 Å². The van der Waals surface area contributed by atoms with E-state index in [4.69, 9.17) is 0 Å². The standard InChI is InChI=1S/C7H11F2N5/c8-6-5-7(12-14(9)11-6)13-3-1-10-2-4-13/h5,10-11H,1-4H2. The van der Waals surface area contributed by atoms with E-state index in [-0.39, 0.29) is 5.34 Å². The van der Waals surface area contributed by atoms with Crippen molar-refractivity contribution >= 4 is 5.84 Å². The lowest BCUT2D eigenvalue weighted by Crippen LogP contribution is -2.47. The van der Waals surface area contributed by atoms with Gasteiger partial charge in [-0.15, -0.1) is 5.10 Å². The number of piperazine rings is 1. The van der Waals surface area contributed by atoms with Crippen LogP contribution in [0.5, 0.6) is 0 Å². The third-order valence-electron chi connectivity index (χ3n) is 2.09. The summed E-state index contributed by atoms with van der Waals surface area (Å²) in [5, 5.41) is 6.53. The summed E-state index contributed by atoms with van der Waals surface area (Å²) >= 11 is 0. The fourth-order valence-corrected chi connectivity index (χ4v) is 1.43. The number of hydrogen-bond acceptors (Lipinski definition) is 5. The minimum atomic E-state index is -0.740. The molecule has 0 radical (unpaired) electrons. The molecule has 2 aliphatic rings. The molecule has 1 fully saturated rings. The Labute approximate surface area is 79.9 Å². The normalized spacial score (nSPS) is 22.7. The van der Waals surface area contributed by atoms with Gasteiger partial charge in [-0.3, -0.25) is 0 Å². The number of amidine groups is 1. The third kappa shape index (κ3) is 1.92. The van der Waals surface area contributed by atoms with Gasteiger partial charge in [0.2, 0.25) is 5.95 Å². The molecule has 0 bridgehead atoms. The molecule has 2 aliphatic heterocycles. The highest BCUT2D eigenvalue weighted by atomic mass is 19.2. The minimum Gasteiger partial charge on any atom is -0.352 e. The van der Waals surface area contributed by atoms with E-state index in [0.717, 1.165) is 13.1 Å². The van der Waals surface area contributed by atoms with Crippen molar-refractivity contribution in [3.05, 3.63) is 12.0 Å². The molecule has 2 heterocycles. The summed E-state index contributed by atoms with van der Waals surface area (Å²) in [5.41, 5.74) is 1.78. The fourth-order valence-electron chi connectivity index (χ4n) is 1.43. The maximum absolute atomic E-state index is 12.8. The Morgan fingerprint density at radius 3 is 2.71 bits per heavy atom. The number of nitrogens with one attached hydrogen (secondary N) is 2. The zero-order valence-electron chi connectivity index (χ0n) is 7.50. The molecule has 2 N–H and O–H groups in total. The molecule has 0 spiro atoms. The van der Waals surface area contributed by atoms with Crippen molar-refractivity contribution in [3.63, 3.8) is 0 Å². The molecular weight excluding hydrogens is 192 g/mol. The van der Waals surface area contributed by atoms with Crippen LogP contribution in [0.3, 0.4) is 0 Å². The van der Waals surface area contributed by atoms with Crippen LogP contribution in [0.2, 0.25) is 0 Å². The summed E-state index contributed by atoms with van der Waals surface area (Å²) in [6.07, 6.45) is 1.18. The molecule has 0 saturated carbocycles. The van der Waals surface area contributed by atoms with E-state index in [1.807, 2.05) is 4.90 Å². The maximum Gasteiger partial charge on any atom is 0.212 e. The SMILES string of the molecule is FC1=CC(N2CCNCC2)=NN(F)N1. The number of hydrazine groups is 1. The van der Waals surface area contributed by atoms with Crippen LogP contribution in [0.15, 0.2) is 17.1 Å². The van der Waals surface area contributed by atoms with Crippen LogP contribution in [0.1, 0.15) is 0 Å². The van der Waals surface area contributed by atoms with Crippen molar-refractivity contribution in [3.8, 4) is 0 Å². The number of rotatable bonds is 0. The third-order valence-corrected chi connectivity index (χ3v) is 2.09. The Morgan fingerprint density at radius 1 is 1.36 bits per heavy atom. The molecule has 78 valence electrons. The molecule has 0 aromatic heterocycles. The topological polar surface area (TPSA) is 42.9 Å². The maximum atomic E-state index is 12.8. The quantitative estimate of drug-likeness (QED) is 0.420. The summed E-state index contributed by atoms with van der Waals surface area (Å²) in [7, 11) is 0. The van der Waals surface area contributed by atoms with Gasteiger partial charge in [-0.1, -0.05) is 4.48 Å². The van der Waals surface area contributed by atoms with Crippen molar-refractivity contribution in [2.24, 2.45) is 5.10 Å². The summed E-state index contributed by atoms with van der Waals surface area (Å²) < 4.78 is 25.4. The summed E-state index contributed by atoms with van der Waals surface area (Å²) in [6, 6.07) is 0. The van der Waals surface area contributed by atoms with E-state index in [9.17, 15) is 8.87 Å². The second-order valence-corrected chi connectivity index (χ2v) is 3.06. The van der Waals surface area contributed by atoms with Gasteiger partial charge in [0.25, 0.3) is 0 Å². The van der Waals surface area contributed by atoms with Crippen LogP contribution in [0.4, 0.5) is 8.87 Å². The molecule has 0 aromatic rings. The minimum absolute atomic E-state index is 0.118. The van der Waals surface area contributed by atoms with Crippen LogP contribution >= 0.6 is 0 Å². The number of nitrogens with zero attached hydrogens (tertiary/aromatic N) is 3. The molecule has 0 atom stereocenters. The second kappa shape index (κ2) is 3.79. The van der Waals surface area contributed by atoms with Gasteiger partial charge in [0.05, 0.1) is 0 Å². The predicted octanol–water partition coefficient (Wildman–Crippen LogP) is -0.279. The van der Waals surface area contributed by atoms with Crippen LogP contribution in [0, 0.1) is 0 Å². The Morgan fingerprint density at radius 2 is 2.07 bits per heavy atom. The molecule has 0 aliphatic carbocycles. The lowest BCUT2D eigenvalue weighted by Gasteiger charge is -2.30. The highest BCUT2D eigenvalue weighted by Crippen LogP contribution is 2.07. The Bertz CT molecular complexity index is 271. The molecule has 14 heavy (non-hydrogen) atoms. The number of hydrazone groups is 1. The van der Waals surface area contributed by atoms with E-state index in [1.165, 1.54) is 6.08 Å². The lowest BCUT2D eigenvalue weighted by molar-refractivity contribution is -0.0295. The van der Waals surface area contributed by atoms with E-state index >= 15 is 0 Å². The summed E-state index contributed by atoms with van der Waals surface area (Å²) in [5.74, 6) is -0.429.